The Morgan fingerprint density at radius 1 is 1.38 bits per heavy atom. The maximum atomic E-state index is 11.7. The Balaban J connectivity index is 2.20. The predicted octanol–water partition coefficient (Wildman–Crippen LogP) is -0.237. The van der Waals surface area contributed by atoms with Gasteiger partial charge in [-0.05, 0) is 13.0 Å². The van der Waals surface area contributed by atoms with E-state index in [0.717, 1.165) is 39.1 Å². The third-order valence-electron chi connectivity index (χ3n) is 2.74. The molecule has 1 rings (SSSR count). The minimum atomic E-state index is 0.203. The molecule has 1 saturated heterocycles. The topological polar surface area (TPSA) is 35.6 Å². The second kappa shape index (κ2) is 7.26. The molecule has 1 amide bonds. The Labute approximate surface area is 98.0 Å². The van der Waals surface area contributed by atoms with Crippen LogP contribution < -0.4 is 5.32 Å². The van der Waals surface area contributed by atoms with E-state index >= 15 is 0 Å². The van der Waals surface area contributed by atoms with Crippen LogP contribution in [0, 0.1) is 12.3 Å². The van der Waals surface area contributed by atoms with Gasteiger partial charge in [-0.2, -0.15) is 0 Å². The highest BCUT2D eigenvalue weighted by Gasteiger charge is 2.19. The van der Waals surface area contributed by atoms with Crippen LogP contribution in [0.1, 0.15) is 13.3 Å². The van der Waals surface area contributed by atoms with Gasteiger partial charge in [0.25, 0.3) is 0 Å². The fourth-order valence-corrected chi connectivity index (χ4v) is 1.77. The van der Waals surface area contributed by atoms with Gasteiger partial charge in [0.2, 0.25) is 5.91 Å². The van der Waals surface area contributed by atoms with Gasteiger partial charge in [-0.25, -0.2) is 0 Å². The first-order chi connectivity index (χ1) is 7.77. The molecule has 4 heteroatoms. The van der Waals surface area contributed by atoms with Crippen LogP contribution in [-0.2, 0) is 4.79 Å². The van der Waals surface area contributed by atoms with Crippen molar-refractivity contribution in [3.63, 3.8) is 0 Å². The lowest BCUT2D eigenvalue weighted by Gasteiger charge is -2.33. The van der Waals surface area contributed by atoms with Gasteiger partial charge >= 0.3 is 0 Å². The molecule has 0 atom stereocenters. The van der Waals surface area contributed by atoms with Crippen LogP contribution in [0.4, 0.5) is 0 Å². The number of carbonyl (C=O) groups excluding carboxylic acids is 1. The zero-order valence-corrected chi connectivity index (χ0v) is 10.0. The molecule has 1 aliphatic heterocycles. The molecule has 0 aromatic rings. The molecule has 0 radical (unpaired) electrons. The largest absolute Gasteiger partial charge is 0.339 e. The SMILES string of the molecule is C#CCN1CCN(C(=O)CNCCC)CC1. The van der Waals surface area contributed by atoms with Crippen molar-refractivity contribution in [1.82, 2.24) is 15.1 Å². The summed E-state index contributed by atoms with van der Waals surface area (Å²) >= 11 is 0. The number of nitrogens with one attached hydrogen (secondary N) is 1. The molecule has 0 spiro atoms. The Hall–Kier alpha value is -1.05. The third-order valence-corrected chi connectivity index (χ3v) is 2.74. The van der Waals surface area contributed by atoms with Gasteiger partial charge < -0.3 is 10.2 Å². The van der Waals surface area contributed by atoms with Crippen LogP contribution in [-0.4, -0.2) is 61.5 Å². The number of rotatable bonds is 5. The monoisotopic (exact) mass is 223 g/mol. The summed E-state index contributed by atoms with van der Waals surface area (Å²) in [7, 11) is 0. The molecular formula is C12H21N3O. The fraction of sp³-hybridized carbons (Fsp3) is 0.750. The molecule has 0 bridgehead atoms. The molecule has 4 nitrogen and oxygen atoms in total. The second-order valence-corrected chi connectivity index (χ2v) is 4.04. The van der Waals surface area contributed by atoms with Crippen molar-refractivity contribution in [2.75, 3.05) is 45.8 Å². The number of hydrogen-bond donors (Lipinski definition) is 1. The van der Waals surface area contributed by atoms with E-state index in [1.54, 1.807) is 0 Å². The van der Waals surface area contributed by atoms with Crippen LogP contribution in [0.3, 0.4) is 0 Å². The molecule has 90 valence electrons. The van der Waals surface area contributed by atoms with E-state index in [1.165, 1.54) is 0 Å². The van der Waals surface area contributed by atoms with Crippen molar-refractivity contribution in [3.05, 3.63) is 0 Å². The number of hydrogen-bond acceptors (Lipinski definition) is 3. The first kappa shape index (κ1) is 13.0. The van der Waals surface area contributed by atoms with Crippen LogP contribution in [0.2, 0.25) is 0 Å². The molecule has 0 aliphatic carbocycles. The van der Waals surface area contributed by atoms with Crippen molar-refractivity contribution >= 4 is 5.91 Å². The van der Waals surface area contributed by atoms with Gasteiger partial charge in [-0.1, -0.05) is 12.8 Å². The Kier molecular flexibility index (Phi) is 5.91. The summed E-state index contributed by atoms with van der Waals surface area (Å²) in [5.74, 6) is 2.84. The van der Waals surface area contributed by atoms with E-state index < -0.39 is 0 Å². The molecular weight excluding hydrogens is 202 g/mol. The Morgan fingerprint density at radius 2 is 2.06 bits per heavy atom. The summed E-state index contributed by atoms with van der Waals surface area (Å²) in [5.41, 5.74) is 0. The number of amides is 1. The lowest BCUT2D eigenvalue weighted by Crippen LogP contribution is -2.50. The quantitative estimate of drug-likeness (QED) is 0.516. The van der Waals surface area contributed by atoms with Crippen molar-refractivity contribution in [2.45, 2.75) is 13.3 Å². The number of terminal acetylenes is 1. The standard InChI is InChI=1S/C12H21N3O/c1-3-5-13-11-12(16)15-9-7-14(6-4-2)8-10-15/h2,13H,3,5-11H2,1H3. The minimum Gasteiger partial charge on any atom is -0.339 e. The lowest BCUT2D eigenvalue weighted by atomic mass is 10.3. The molecule has 1 aliphatic rings. The highest BCUT2D eigenvalue weighted by molar-refractivity contribution is 5.78. The Bertz CT molecular complexity index is 251. The summed E-state index contributed by atoms with van der Waals surface area (Å²) in [6.07, 6.45) is 6.31. The average Bonchev–Trinajstić information content (AvgIpc) is 2.30. The number of piperazine rings is 1. The highest BCUT2D eigenvalue weighted by atomic mass is 16.2. The molecule has 0 aromatic heterocycles. The maximum Gasteiger partial charge on any atom is 0.236 e. The smallest absolute Gasteiger partial charge is 0.236 e. The Morgan fingerprint density at radius 3 is 2.62 bits per heavy atom. The molecule has 0 aromatic carbocycles. The van der Waals surface area contributed by atoms with Crippen molar-refractivity contribution in [3.8, 4) is 12.3 Å². The zero-order valence-electron chi connectivity index (χ0n) is 10.0. The first-order valence-corrected chi connectivity index (χ1v) is 5.92. The van der Waals surface area contributed by atoms with Crippen molar-refractivity contribution in [1.29, 1.82) is 0 Å². The van der Waals surface area contributed by atoms with Crippen molar-refractivity contribution < 1.29 is 4.79 Å². The van der Waals surface area contributed by atoms with Crippen LogP contribution in [0.5, 0.6) is 0 Å². The zero-order chi connectivity index (χ0) is 11.8. The van der Waals surface area contributed by atoms with E-state index in [-0.39, 0.29) is 5.91 Å². The van der Waals surface area contributed by atoms with Crippen LogP contribution >= 0.6 is 0 Å². The summed E-state index contributed by atoms with van der Waals surface area (Å²) in [4.78, 5) is 15.9. The van der Waals surface area contributed by atoms with Gasteiger partial charge in [-0.3, -0.25) is 9.69 Å². The third kappa shape index (κ3) is 4.21. The number of carbonyl (C=O) groups is 1. The first-order valence-electron chi connectivity index (χ1n) is 5.92. The maximum absolute atomic E-state index is 11.7. The lowest BCUT2D eigenvalue weighted by molar-refractivity contribution is -0.131. The van der Waals surface area contributed by atoms with Crippen molar-refractivity contribution in [2.24, 2.45) is 0 Å². The fourth-order valence-electron chi connectivity index (χ4n) is 1.77. The summed E-state index contributed by atoms with van der Waals surface area (Å²) < 4.78 is 0. The van der Waals surface area contributed by atoms with Gasteiger partial charge in [-0.15, -0.1) is 6.42 Å². The van der Waals surface area contributed by atoms with Gasteiger partial charge in [0.05, 0.1) is 13.1 Å². The average molecular weight is 223 g/mol. The molecule has 0 saturated carbocycles. The minimum absolute atomic E-state index is 0.203. The van der Waals surface area contributed by atoms with Gasteiger partial charge in [0.15, 0.2) is 0 Å². The summed E-state index contributed by atoms with van der Waals surface area (Å²) in [6, 6.07) is 0. The molecule has 0 unspecified atom stereocenters. The van der Waals surface area contributed by atoms with Gasteiger partial charge in [0.1, 0.15) is 0 Å². The normalized spacial score (nSPS) is 17.1. The van der Waals surface area contributed by atoms with E-state index in [0.29, 0.717) is 13.1 Å². The van der Waals surface area contributed by atoms with E-state index in [4.69, 9.17) is 6.42 Å². The van der Waals surface area contributed by atoms with E-state index in [2.05, 4.69) is 23.1 Å². The molecule has 1 fully saturated rings. The second-order valence-electron chi connectivity index (χ2n) is 4.04. The summed E-state index contributed by atoms with van der Waals surface area (Å²) in [6.45, 7) is 7.54. The van der Waals surface area contributed by atoms with E-state index in [9.17, 15) is 4.79 Å². The van der Waals surface area contributed by atoms with Gasteiger partial charge in [0, 0.05) is 26.2 Å². The molecule has 1 N–H and O–H groups in total. The van der Waals surface area contributed by atoms with E-state index in [1.807, 2.05) is 4.90 Å². The van der Waals surface area contributed by atoms with Crippen LogP contribution in [0.15, 0.2) is 0 Å². The summed E-state index contributed by atoms with van der Waals surface area (Å²) in [5, 5.41) is 3.13. The molecule has 1 heterocycles. The highest BCUT2D eigenvalue weighted by Crippen LogP contribution is 2.00. The molecule has 16 heavy (non-hydrogen) atoms. The van der Waals surface area contributed by atoms with Crippen LogP contribution in [0.25, 0.3) is 0 Å². The predicted molar refractivity (Wildman–Crippen MR) is 65.0 cm³/mol. The number of nitrogens with zero attached hydrogens (tertiary/aromatic N) is 2.